The standard InChI is InChI=1S/C20H21N3O2/c1-25-18-8-6-15(7-9-18)17-10-11-22(13-17)14-23-20(24)19-5-3-2-4-16(19)12-21-23/h2-9,12,17H,10-11,13-14H2,1H3/t17-/m0/s1. The minimum atomic E-state index is -0.0222. The molecule has 2 heterocycles. The Kier molecular flexibility index (Phi) is 4.24. The van der Waals surface area contributed by atoms with Crippen molar-refractivity contribution in [2.75, 3.05) is 20.2 Å². The van der Waals surface area contributed by atoms with Crippen molar-refractivity contribution in [1.29, 1.82) is 0 Å². The molecule has 2 aromatic carbocycles. The van der Waals surface area contributed by atoms with Crippen molar-refractivity contribution in [3.05, 3.63) is 70.6 Å². The Morgan fingerprint density at radius 3 is 2.76 bits per heavy atom. The second-order valence-electron chi connectivity index (χ2n) is 6.51. The van der Waals surface area contributed by atoms with Crippen LogP contribution in [0.25, 0.3) is 10.8 Å². The van der Waals surface area contributed by atoms with Gasteiger partial charge in [-0.3, -0.25) is 9.69 Å². The van der Waals surface area contributed by atoms with Gasteiger partial charge in [0.25, 0.3) is 5.56 Å². The molecule has 0 N–H and O–H groups in total. The van der Waals surface area contributed by atoms with Gasteiger partial charge in [0.1, 0.15) is 5.75 Å². The van der Waals surface area contributed by atoms with Crippen LogP contribution in [0.1, 0.15) is 17.9 Å². The summed E-state index contributed by atoms with van der Waals surface area (Å²) >= 11 is 0. The number of methoxy groups -OCH3 is 1. The summed E-state index contributed by atoms with van der Waals surface area (Å²) < 4.78 is 6.79. The van der Waals surface area contributed by atoms with E-state index in [1.54, 1.807) is 18.0 Å². The average Bonchev–Trinajstić information content (AvgIpc) is 3.13. The number of fused-ring (bicyclic) bond motifs is 1. The molecule has 1 aromatic heterocycles. The molecule has 0 unspecified atom stereocenters. The van der Waals surface area contributed by atoms with Crippen LogP contribution in [0.5, 0.6) is 5.75 Å². The zero-order chi connectivity index (χ0) is 17.2. The normalized spacial score (nSPS) is 17.9. The first-order valence-corrected chi connectivity index (χ1v) is 8.56. The first-order chi connectivity index (χ1) is 12.2. The van der Waals surface area contributed by atoms with Crippen LogP contribution < -0.4 is 10.3 Å². The Labute approximate surface area is 146 Å². The molecule has 25 heavy (non-hydrogen) atoms. The SMILES string of the molecule is COc1ccc([C@H]2CCN(Cn3ncc4ccccc4c3=O)C2)cc1. The van der Waals surface area contributed by atoms with E-state index in [0.717, 1.165) is 36.0 Å². The molecule has 5 heteroatoms. The van der Waals surface area contributed by atoms with Crippen molar-refractivity contribution in [2.24, 2.45) is 0 Å². The van der Waals surface area contributed by atoms with E-state index < -0.39 is 0 Å². The number of aromatic nitrogens is 2. The van der Waals surface area contributed by atoms with E-state index in [1.165, 1.54) is 5.56 Å². The summed E-state index contributed by atoms with van der Waals surface area (Å²) in [7, 11) is 1.68. The zero-order valence-corrected chi connectivity index (χ0v) is 14.3. The second-order valence-corrected chi connectivity index (χ2v) is 6.51. The summed E-state index contributed by atoms with van der Waals surface area (Å²) in [6.07, 6.45) is 2.86. The molecular formula is C20H21N3O2. The van der Waals surface area contributed by atoms with Crippen LogP contribution in [-0.2, 0) is 6.67 Å². The van der Waals surface area contributed by atoms with Gasteiger partial charge in [0.15, 0.2) is 0 Å². The highest BCUT2D eigenvalue weighted by Crippen LogP contribution is 2.28. The quantitative estimate of drug-likeness (QED) is 0.735. The highest BCUT2D eigenvalue weighted by molar-refractivity contribution is 5.80. The Bertz CT molecular complexity index is 934. The number of hydrogen-bond donors (Lipinski definition) is 0. The van der Waals surface area contributed by atoms with E-state index in [1.807, 2.05) is 36.4 Å². The molecule has 128 valence electrons. The van der Waals surface area contributed by atoms with Crippen molar-refractivity contribution < 1.29 is 4.74 Å². The molecule has 0 spiro atoms. The highest BCUT2D eigenvalue weighted by atomic mass is 16.5. The van der Waals surface area contributed by atoms with Gasteiger partial charge in [-0.05, 0) is 36.1 Å². The van der Waals surface area contributed by atoms with Gasteiger partial charge >= 0.3 is 0 Å². The molecule has 0 saturated carbocycles. The van der Waals surface area contributed by atoms with Gasteiger partial charge in [-0.1, -0.05) is 30.3 Å². The van der Waals surface area contributed by atoms with Crippen molar-refractivity contribution in [2.45, 2.75) is 19.0 Å². The highest BCUT2D eigenvalue weighted by Gasteiger charge is 2.24. The molecule has 0 bridgehead atoms. The molecule has 0 aliphatic carbocycles. The number of nitrogens with zero attached hydrogens (tertiary/aromatic N) is 3. The first-order valence-electron chi connectivity index (χ1n) is 8.56. The lowest BCUT2D eigenvalue weighted by molar-refractivity contribution is 0.247. The Morgan fingerprint density at radius 1 is 1.16 bits per heavy atom. The van der Waals surface area contributed by atoms with Crippen LogP contribution >= 0.6 is 0 Å². The Morgan fingerprint density at radius 2 is 1.96 bits per heavy atom. The third kappa shape index (κ3) is 3.15. The fourth-order valence-electron chi connectivity index (χ4n) is 3.53. The van der Waals surface area contributed by atoms with E-state index >= 15 is 0 Å². The maximum absolute atomic E-state index is 12.6. The molecule has 1 aliphatic heterocycles. The van der Waals surface area contributed by atoms with Gasteiger partial charge in [0.2, 0.25) is 0 Å². The molecule has 4 rings (SSSR count). The van der Waals surface area contributed by atoms with Gasteiger partial charge in [0, 0.05) is 18.5 Å². The number of benzene rings is 2. The lowest BCUT2D eigenvalue weighted by Gasteiger charge is -2.17. The van der Waals surface area contributed by atoms with Crippen LogP contribution in [0, 0.1) is 0 Å². The largest absolute Gasteiger partial charge is 0.497 e. The predicted molar refractivity (Wildman–Crippen MR) is 97.9 cm³/mol. The summed E-state index contributed by atoms with van der Waals surface area (Å²) in [5, 5.41) is 5.95. The summed E-state index contributed by atoms with van der Waals surface area (Å²) in [5.41, 5.74) is 1.30. The maximum Gasteiger partial charge on any atom is 0.275 e. The van der Waals surface area contributed by atoms with Crippen molar-refractivity contribution in [3.8, 4) is 5.75 Å². The van der Waals surface area contributed by atoms with Gasteiger partial charge in [-0.15, -0.1) is 0 Å². The predicted octanol–water partition coefficient (Wildman–Crippen LogP) is 2.85. The molecule has 5 nitrogen and oxygen atoms in total. The molecule has 3 aromatic rings. The van der Waals surface area contributed by atoms with E-state index in [0.29, 0.717) is 12.6 Å². The molecule has 0 amide bonds. The molecule has 0 radical (unpaired) electrons. The van der Waals surface area contributed by atoms with Crippen LogP contribution in [-0.4, -0.2) is 34.9 Å². The maximum atomic E-state index is 12.6. The molecule has 1 aliphatic rings. The molecule has 1 atom stereocenters. The van der Waals surface area contributed by atoms with Crippen LogP contribution in [0.3, 0.4) is 0 Å². The molecule has 1 saturated heterocycles. The number of likely N-dealkylation sites (tertiary alicyclic amines) is 1. The third-order valence-corrected chi connectivity index (χ3v) is 4.96. The summed E-state index contributed by atoms with van der Waals surface area (Å²) in [5.74, 6) is 1.37. The third-order valence-electron chi connectivity index (χ3n) is 4.96. The fraction of sp³-hybridized carbons (Fsp3) is 0.300. The topological polar surface area (TPSA) is 47.4 Å². The van der Waals surface area contributed by atoms with E-state index in [-0.39, 0.29) is 5.56 Å². The second kappa shape index (κ2) is 6.69. The molecule has 1 fully saturated rings. The van der Waals surface area contributed by atoms with E-state index in [9.17, 15) is 4.79 Å². The van der Waals surface area contributed by atoms with Crippen molar-refractivity contribution in [1.82, 2.24) is 14.7 Å². The smallest absolute Gasteiger partial charge is 0.275 e. The van der Waals surface area contributed by atoms with Gasteiger partial charge in [0.05, 0.1) is 25.4 Å². The fourth-order valence-corrected chi connectivity index (χ4v) is 3.53. The van der Waals surface area contributed by atoms with Gasteiger partial charge in [-0.2, -0.15) is 5.10 Å². The van der Waals surface area contributed by atoms with Gasteiger partial charge in [-0.25, -0.2) is 4.68 Å². The lowest BCUT2D eigenvalue weighted by atomic mass is 9.98. The van der Waals surface area contributed by atoms with E-state index in [4.69, 9.17) is 4.74 Å². The molecular weight excluding hydrogens is 314 g/mol. The Hall–Kier alpha value is -2.66. The van der Waals surface area contributed by atoms with Gasteiger partial charge < -0.3 is 4.74 Å². The summed E-state index contributed by atoms with van der Waals surface area (Å²) in [6, 6.07) is 15.9. The minimum absolute atomic E-state index is 0.0222. The Balaban J connectivity index is 1.49. The number of ether oxygens (including phenoxy) is 1. The van der Waals surface area contributed by atoms with Crippen molar-refractivity contribution >= 4 is 10.8 Å². The first kappa shape index (κ1) is 15.8. The average molecular weight is 335 g/mol. The monoisotopic (exact) mass is 335 g/mol. The van der Waals surface area contributed by atoms with Crippen LogP contribution in [0.15, 0.2) is 59.5 Å². The van der Waals surface area contributed by atoms with Crippen molar-refractivity contribution in [3.63, 3.8) is 0 Å². The number of hydrogen-bond acceptors (Lipinski definition) is 4. The van der Waals surface area contributed by atoms with Crippen LogP contribution in [0.4, 0.5) is 0 Å². The van der Waals surface area contributed by atoms with E-state index in [2.05, 4.69) is 22.1 Å². The van der Waals surface area contributed by atoms with Crippen LogP contribution in [0.2, 0.25) is 0 Å². The summed E-state index contributed by atoms with van der Waals surface area (Å²) in [4.78, 5) is 14.9. The zero-order valence-electron chi connectivity index (χ0n) is 14.3. The minimum Gasteiger partial charge on any atom is -0.497 e. The lowest BCUT2D eigenvalue weighted by Crippen LogP contribution is -2.32. The summed E-state index contributed by atoms with van der Waals surface area (Å²) in [6.45, 7) is 2.45. The number of rotatable bonds is 4.